The molecule has 2 aromatic carbocycles. The minimum Gasteiger partial charge on any atom is -0.352 e. The van der Waals surface area contributed by atoms with E-state index in [9.17, 15) is 18.0 Å². The summed E-state index contributed by atoms with van der Waals surface area (Å²) in [5.74, 6) is -0.688. The first-order valence-corrected chi connectivity index (χ1v) is 14.2. The van der Waals surface area contributed by atoms with Gasteiger partial charge in [0.05, 0.1) is 11.9 Å². The van der Waals surface area contributed by atoms with Gasteiger partial charge < -0.3 is 10.2 Å². The van der Waals surface area contributed by atoms with E-state index < -0.39 is 28.5 Å². The molecule has 7 nitrogen and oxygen atoms in total. The molecule has 0 heterocycles. The Morgan fingerprint density at radius 1 is 1.11 bits per heavy atom. The molecule has 3 rings (SSSR count). The van der Waals surface area contributed by atoms with Gasteiger partial charge in [0.2, 0.25) is 21.8 Å². The number of hydrogen-bond donors (Lipinski definition) is 1. The van der Waals surface area contributed by atoms with E-state index in [-0.39, 0.29) is 18.5 Å². The number of aryl methyl sites for hydroxylation is 1. The van der Waals surface area contributed by atoms with E-state index in [0.717, 1.165) is 41.8 Å². The van der Waals surface area contributed by atoms with Gasteiger partial charge in [0.25, 0.3) is 0 Å². The van der Waals surface area contributed by atoms with Gasteiger partial charge in [-0.2, -0.15) is 0 Å². The molecule has 1 aliphatic carbocycles. The number of sulfonamides is 1. The van der Waals surface area contributed by atoms with Crippen LogP contribution >= 0.6 is 11.6 Å². The molecule has 2 aromatic rings. The Morgan fingerprint density at radius 2 is 1.80 bits per heavy atom. The number of carbonyl (C=O) groups excluding carboxylic acids is 2. The van der Waals surface area contributed by atoms with Gasteiger partial charge in [0.15, 0.2) is 0 Å². The van der Waals surface area contributed by atoms with Crippen LogP contribution in [0, 0.1) is 6.92 Å². The average molecular weight is 520 g/mol. The second-order valence-corrected chi connectivity index (χ2v) is 11.4. The molecule has 1 N–H and O–H groups in total. The summed E-state index contributed by atoms with van der Waals surface area (Å²) in [5, 5.41) is 3.57. The number of amides is 2. The SMILES string of the molecule is CC[C@@H](C(=O)NC1CCCC1)N(Cc1ccccc1Cl)C(=O)CN(c1cccc(C)c1)S(C)(=O)=O. The van der Waals surface area contributed by atoms with E-state index in [1.54, 1.807) is 36.4 Å². The fraction of sp³-hybridized carbons (Fsp3) is 0.462. The van der Waals surface area contributed by atoms with Crippen LogP contribution in [0.2, 0.25) is 5.02 Å². The quantitative estimate of drug-likeness (QED) is 0.507. The highest BCUT2D eigenvalue weighted by atomic mass is 35.5. The molecule has 0 spiro atoms. The lowest BCUT2D eigenvalue weighted by molar-refractivity contribution is -0.140. The summed E-state index contributed by atoms with van der Waals surface area (Å²) in [4.78, 5) is 28.4. The lowest BCUT2D eigenvalue weighted by Crippen LogP contribution is -2.53. The first-order chi connectivity index (χ1) is 16.6. The Balaban J connectivity index is 1.93. The summed E-state index contributed by atoms with van der Waals surface area (Å²) >= 11 is 6.38. The molecule has 1 atom stereocenters. The third-order valence-electron chi connectivity index (χ3n) is 6.35. The molecule has 9 heteroatoms. The number of anilines is 1. The van der Waals surface area contributed by atoms with E-state index in [1.165, 1.54) is 4.90 Å². The normalized spacial score (nSPS) is 15.0. The van der Waals surface area contributed by atoms with E-state index in [4.69, 9.17) is 11.6 Å². The van der Waals surface area contributed by atoms with Gasteiger partial charge in [-0.25, -0.2) is 8.42 Å². The van der Waals surface area contributed by atoms with Crippen LogP contribution in [0.4, 0.5) is 5.69 Å². The number of benzene rings is 2. The van der Waals surface area contributed by atoms with Crippen LogP contribution in [0.15, 0.2) is 48.5 Å². The third-order valence-corrected chi connectivity index (χ3v) is 7.86. The van der Waals surface area contributed by atoms with Crippen molar-refractivity contribution in [2.75, 3.05) is 17.1 Å². The standard InChI is InChI=1S/C26H34ClN3O4S/c1-4-24(26(32)28-21-12-6-7-13-21)29(17-20-11-5-8-15-23(20)27)25(31)18-30(35(3,33)34)22-14-9-10-19(2)16-22/h5,8-11,14-16,21,24H,4,6-7,12-13,17-18H2,1-3H3,(H,28,32)/t24-/m0/s1. The van der Waals surface area contributed by atoms with Crippen molar-refractivity contribution in [3.05, 3.63) is 64.7 Å². The maximum atomic E-state index is 13.7. The predicted octanol–water partition coefficient (Wildman–Crippen LogP) is 4.28. The van der Waals surface area contributed by atoms with Crippen LogP contribution in [0.1, 0.15) is 50.2 Å². The Kier molecular flexibility index (Phi) is 9.19. The van der Waals surface area contributed by atoms with Gasteiger partial charge in [-0.1, -0.05) is 61.7 Å². The van der Waals surface area contributed by atoms with E-state index in [0.29, 0.717) is 22.7 Å². The molecule has 1 fully saturated rings. The number of hydrogen-bond acceptors (Lipinski definition) is 4. The van der Waals surface area contributed by atoms with Crippen LogP contribution in [0.3, 0.4) is 0 Å². The maximum absolute atomic E-state index is 13.7. The molecule has 0 unspecified atom stereocenters. The van der Waals surface area contributed by atoms with Crippen LogP contribution in [0.25, 0.3) is 0 Å². The summed E-state index contributed by atoms with van der Waals surface area (Å²) in [6.07, 6.45) is 5.46. The predicted molar refractivity (Wildman–Crippen MR) is 140 cm³/mol. The minimum absolute atomic E-state index is 0.0977. The Hall–Kier alpha value is -2.58. The average Bonchev–Trinajstić information content (AvgIpc) is 3.30. The lowest BCUT2D eigenvalue weighted by Gasteiger charge is -2.33. The van der Waals surface area contributed by atoms with Gasteiger partial charge in [-0.05, 0) is 55.5 Å². The Bertz CT molecular complexity index is 1150. The van der Waals surface area contributed by atoms with Gasteiger partial charge in [-0.15, -0.1) is 0 Å². The van der Waals surface area contributed by atoms with Gasteiger partial charge >= 0.3 is 0 Å². The van der Waals surface area contributed by atoms with Gasteiger partial charge in [-0.3, -0.25) is 13.9 Å². The zero-order valence-electron chi connectivity index (χ0n) is 20.5. The fourth-order valence-electron chi connectivity index (χ4n) is 4.49. The molecule has 0 aliphatic heterocycles. The number of nitrogens with zero attached hydrogens (tertiary/aromatic N) is 2. The van der Waals surface area contributed by atoms with Crippen LogP contribution in [-0.4, -0.2) is 50.0 Å². The van der Waals surface area contributed by atoms with Crippen molar-refractivity contribution in [2.45, 2.75) is 64.6 Å². The molecular weight excluding hydrogens is 486 g/mol. The summed E-state index contributed by atoms with van der Waals surface area (Å²) in [7, 11) is -3.76. The minimum atomic E-state index is -3.76. The summed E-state index contributed by atoms with van der Waals surface area (Å²) in [6, 6.07) is 13.5. The molecule has 0 saturated heterocycles. The molecule has 0 aromatic heterocycles. The van der Waals surface area contributed by atoms with Crippen molar-refractivity contribution in [2.24, 2.45) is 0 Å². The van der Waals surface area contributed by atoms with Crippen molar-refractivity contribution in [1.29, 1.82) is 0 Å². The number of rotatable bonds is 10. The first-order valence-electron chi connectivity index (χ1n) is 12.0. The zero-order chi connectivity index (χ0) is 25.6. The van der Waals surface area contributed by atoms with Gasteiger partial charge in [0.1, 0.15) is 12.6 Å². The zero-order valence-corrected chi connectivity index (χ0v) is 22.1. The van der Waals surface area contributed by atoms with Crippen molar-refractivity contribution >= 4 is 39.1 Å². The van der Waals surface area contributed by atoms with Crippen molar-refractivity contribution < 1.29 is 18.0 Å². The van der Waals surface area contributed by atoms with Crippen molar-refractivity contribution in [1.82, 2.24) is 10.2 Å². The van der Waals surface area contributed by atoms with Crippen LogP contribution in [0.5, 0.6) is 0 Å². The molecule has 0 bridgehead atoms. The largest absolute Gasteiger partial charge is 0.352 e. The molecule has 35 heavy (non-hydrogen) atoms. The first kappa shape index (κ1) is 27.0. The maximum Gasteiger partial charge on any atom is 0.244 e. The van der Waals surface area contributed by atoms with E-state index >= 15 is 0 Å². The fourth-order valence-corrected chi connectivity index (χ4v) is 5.53. The topological polar surface area (TPSA) is 86.8 Å². The summed E-state index contributed by atoms with van der Waals surface area (Å²) < 4.78 is 26.4. The molecule has 2 amide bonds. The smallest absolute Gasteiger partial charge is 0.244 e. The van der Waals surface area contributed by atoms with Crippen molar-refractivity contribution in [3.63, 3.8) is 0 Å². The third kappa shape index (κ3) is 7.21. The molecule has 0 radical (unpaired) electrons. The Morgan fingerprint density at radius 3 is 2.40 bits per heavy atom. The monoisotopic (exact) mass is 519 g/mol. The van der Waals surface area contributed by atoms with E-state index in [1.807, 2.05) is 26.0 Å². The number of nitrogens with one attached hydrogen (secondary N) is 1. The van der Waals surface area contributed by atoms with Crippen LogP contribution in [-0.2, 0) is 26.2 Å². The van der Waals surface area contributed by atoms with Crippen LogP contribution < -0.4 is 9.62 Å². The molecule has 190 valence electrons. The summed E-state index contributed by atoms with van der Waals surface area (Å²) in [6.45, 7) is 3.39. The Labute approximate surface area is 213 Å². The highest BCUT2D eigenvalue weighted by Crippen LogP contribution is 2.24. The molecule has 1 saturated carbocycles. The highest BCUT2D eigenvalue weighted by Gasteiger charge is 2.33. The molecular formula is C26H34ClN3O4S. The van der Waals surface area contributed by atoms with E-state index in [2.05, 4.69) is 5.32 Å². The second-order valence-electron chi connectivity index (χ2n) is 9.14. The van der Waals surface area contributed by atoms with Gasteiger partial charge in [0, 0.05) is 17.6 Å². The number of halogens is 1. The lowest BCUT2D eigenvalue weighted by atomic mass is 10.1. The number of carbonyl (C=O) groups is 2. The molecule has 1 aliphatic rings. The van der Waals surface area contributed by atoms with Crippen molar-refractivity contribution in [3.8, 4) is 0 Å². The highest BCUT2D eigenvalue weighted by molar-refractivity contribution is 7.92. The summed E-state index contributed by atoms with van der Waals surface area (Å²) in [5.41, 5.74) is 1.97. The second kappa shape index (κ2) is 11.9.